The largest absolute Gasteiger partial charge is 0.416 e. The lowest BCUT2D eigenvalue weighted by Crippen LogP contribution is -2.15. The van der Waals surface area contributed by atoms with E-state index in [0.29, 0.717) is 12.1 Å². The molecule has 0 fully saturated rings. The molecule has 1 unspecified atom stereocenters. The molecule has 1 N–H and O–H groups in total. The van der Waals surface area contributed by atoms with Gasteiger partial charge in [-0.05, 0) is 30.7 Å². The maximum Gasteiger partial charge on any atom is 0.416 e. The van der Waals surface area contributed by atoms with Crippen LogP contribution in [0, 0.1) is 0 Å². The van der Waals surface area contributed by atoms with E-state index in [0.717, 1.165) is 12.1 Å². The van der Waals surface area contributed by atoms with Gasteiger partial charge in [-0.1, -0.05) is 6.92 Å². The standard InChI is InChI=1S/C12H12F3NO/c1-2-10(7-8-17)16-11-5-3-9(4-6-11)12(13,14)15/h3-7,10,16H,2H2,1H3. The van der Waals surface area contributed by atoms with E-state index in [2.05, 4.69) is 5.32 Å². The average Bonchev–Trinajstić information content (AvgIpc) is 2.28. The van der Waals surface area contributed by atoms with E-state index < -0.39 is 11.7 Å². The number of rotatable bonds is 4. The average molecular weight is 243 g/mol. The molecule has 0 aliphatic carbocycles. The molecule has 0 radical (unpaired) electrons. The minimum absolute atomic E-state index is 0.218. The first-order chi connectivity index (χ1) is 7.97. The van der Waals surface area contributed by atoms with Gasteiger partial charge in [0.25, 0.3) is 0 Å². The second kappa shape index (κ2) is 5.55. The second-order valence-corrected chi connectivity index (χ2v) is 3.52. The summed E-state index contributed by atoms with van der Waals surface area (Å²) in [6.07, 6.45) is -2.38. The molecule has 0 aliphatic rings. The molecule has 0 aromatic heterocycles. The number of hydrogen-bond donors (Lipinski definition) is 1. The zero-order valence-corrected chi connectivity index (χ0v) is 9.21. The van der Waals surface area contributed by atoms with Crippen LogP contribution < -0.4 is 5.32 Å². The predicted octanol–water partition coefficient (Wildman–Crippen LogP) is 3.28. The van der Waals surface area contributed by atoms with Gasteiger partial charge in [-0.15, -0.1) is 0 Å². The summed E-state index contributed by atoms with van der Waals surface area (Å²) in [6, 6.07) is 4.46. The van der Waals surface area contributed by atoms with Crippen LogP contribution in [0.2, 0.25) is 0 Å². The Labute approximate surface area is 97.1 Å². The fourth-order valence-corrected chi connectivity index (χ4v) is 1.31. The predicted molar refractivity (Wildman–Crippen MR) is 59.4 cm³/mol. The Morgan fingerprint density at radius 1 is 1.35 bits per heavy atom. The molecule has 1 atom stereocenters. The summed E-state index contributed by atoms with van der Waals surface area (Å²) < 4.78 is 36.9. The van der Waals surface area contributed by atoms with Crippen LogP contribution in [0.3, 0.4) is 0 Å². The van der Waals surface area contributed by atoms with E-state index in [9.17, 15) is 18.0 Å². The molecular weight excluding hydrogens is 231 g/mol. The summed E-state index contributed by atoms with van der Waals surface area (Å²) in [6.45, 7) is 1.86. The number of anilines is 1. The number of benzene rings is 1. The minimum atomic E-state index is -4.33. The summed E-state index contributed by atoms with van der Waals surface area (Å²) in [5.41, 5.74) is -0.154. The van der Waals surface area contributed by atoms with Crippen LogP contribution in [-0.4, -0.2) is 12.0 Å². The summed E-state index contributed by atoms with van der Waals surface area (Å²) >= 11 is 0. The van der Waals surface area contributed by atoms with Crippen molar-refractivity contribution in [2.75, 3.05) is 5.32 Å². The Kier molecular flexibility index (Phi) is 4.35. The van der Waals surface area contributed by atoms with Crippen molar-refractivity contribution in [3.05, 3.63) is 35.9 Å². The molecule has 5 heteroatoms. The number of halogens is 3. The highest BCUT2D eigenvalue weighted by molar-refractivity contribution is 5.52. The van der Waals surface area contributed by atoms with Crippen LogP contribution in [0.15, 0.2) is 30.3 Å². The lowest BCUT2D eigenvalue weighted by atomic mass is 10.1. The van der Waals surface area contributed by atoms with E-state index in [-0.39, 0.29) is 6.04 Å². The van der Waals surface area contributed by atoms with E-state index in [4.69, 9.17) is 0 Å². The Bertz CT molecular complexity index is 405. The van der Waals surface area contributed by atoms with Gasteiger partial charge in [-0.3, -0.25) is 0 Å². The van der Waals surface area contributed by atoms with E-state index in [1.807, 2.05) is 6.92 Å². The summed E-state index contributed by atoms with van der Waals surface area (Å²) in [5, 5.41) is 2.92. The Morgan fingerprint density at radius 2 is 1.94 bits per heavy atom. The monoisotopic (exact) mass is 243 g/mol. The molecule has 2 nitrogen and oxygen atoms in total. The summed E-state index contributed by atoms with van der Waals surface area (Å²) in [7, 11) is 0. The van der Waals surface area contributed by atoms with Gasteiger partial charge in [0.15, 0.2) is 0 Å². The maximum atomic E-state index is 12.3. The lowest BCUT2D eigenvalue weighted by molar-refractivity contribution is -0.137. The number of hydrogen-bond acceptors (Lipinski definition) is 2. The van der Waals surface area contributed by atoms with Crippen molar-refractivity contribution in [3.63, 3.8) is 0 Å². The van der Waals surface area contributed by atoms with Crippen LogP contribution in [0.25, 0.3) is 0 Å². The van der Waals surface area contributed by atoms with Crippen molar-refractivity contribution in [2.45, 2.75) is 25.6 Å². The van der Waals surface area contributed by atoms with Gasteiger partial charge in [0.2, 0.25) is 0 Å². The van der Waals surface area contributed by atoms with Crippen LogP contribution in [0.1, 0.15) is 18.9 Å². The number of nitrogens with one attached hydrogen (secondary N) is 1. The fraction of sp³-hybridized carbons (Fsp3) is 0.333. The van der Waals surface area contributed by atoms with Crippen molar-refractivity contribution >= 4 is 11.6 Å². The molecule has 92 valence electrons. The fourth-order valence-electron chi connectivity index (χ4n) is 1.31. The third-order valence-electron chi connectivity index (χ3n) is 2.27. The van der Waals surface area contributed by atoms with Crippen molar-refractivity contribution in [2.24, 2.45) is 0 Å². The molecule has 0 spiro atoms. The first kappa shape index (κ1) is 13.3. The Morgan fingerprint density at radius 3 is 2.35 bits per heavy atom. The van der Waals surface area contributed by atoms with Gasteiger partial charge < -0.3 is 5.32 Å². The third-order valence-corrected chi connectivity index (χ3v) is 2.27. The molecule has 1 rings (SSSR count). The molecule has 0 amide bonds. The van der Waals surface area contributed by atoms with Gasteiger partial charge in [-0.2, -0.15) is 13.2 Å². The topological polar surface area (TPSA) is 29.1 Å². The van der Waals surface area contributed by atoms with E-state index in [1.54, 1.807) is 5.94 Å². The third kappa shape index (κ3) is 3.96. The van der Waals surface area contributed by atoms with Gasteiger partial charge in [0, 0.05) is 11.8 Å². The normalized spacial score (nSPS) is 12.7. The van der Waals surface area contributed by atoms with E-state index >= 15 is 0 Å². The number of carbonyl (C=O) groups excluding carboxylic acids is 1. The highest BCUT2D eigenvalue weighted by Crippen LogP contribution is 2.29. The molecule has 0 bridgehead atoms. The minimum Gasteiger partial charge on any atom is -0.378 e. The van der Waals surface area contributed by atoms with Gasteiger partial charge in [0.1, 0.15) is 5.94 Å². The van der Waals surface area contributed by atoms with Crippen LogP contribution in [0.4, 0.5) is 18.9 Å². The second-order valence-electron chi connectivity index (χ2n) is 3.52. The molecule has 0 heterocycles. The van der Waals surface area contributed by atoms with E-state index in [1.165, 1.54) is 18.2 Å². The van der Waals surface area contributed by atoms with Crippen molar-refractivity contribution in [1.29, 1.82) is 0 Å². The van der Waals surface area contributed by atoms with Crippen LogP contribution in [0.5, 0.6) is 0 Å². The van der Waals surface area contributed by atoms with Gasteiger partial charge in [0.05, 0.1) is 11.6 Å². The highest BCUT2D eigenvalue weighted by Gasteiger charge is 2.29. The molecule has 1 aromatic carbocycles. The molecular formula is C12H12F3NO. The van der Waals surface area contributed by atoms with Crippen molar-refractivity contribution in [3.8, 4) is 0 Å². The number of alkyl halides is 3. The van der Waals surface area contributed by atoms with Gasteiger partial charge in [-0.25, -0.2) is 4.79 Å². The SMILES string of the molecule is CCC(C=C=O)Nc1ccc(C(F)(F)F)cc1. The molecule has 0 saturated carbocycles. The smallest absolute Gasteiger partial charge is 0.378 e. The molecule has 0 saturated heterocycles. The Balaban J connectivity index is 2.78. The zero-order chi connectivity index (χ0) is 12.9. The summed E-state index contributed by atoms with van der Waals surface area (Å²) in [4.78, 5) is 10.2. The zero-order valence-electron chi connectivity index (χ0n) is 9.21. The lowest BCUT2D eigenvalue weighted by Gasteiger charge is -2.14. The van der Waals surface area contributed by atoms with Crippen LogP contribution >= 0.6 is 0 Å². The quantitative estimate of drug-likeness (QED) is 0.822. The summed E-state index contributed by atoms with van der Waals surface area (Å²) in [5.74, 6) is 1.66. The molecule has 17 heavy (non-hydrogen) atoms. The van der Waals surface area contributed by atoms with Crippen molar-refractivity contribution < 1.29 is 18.0 Å². The first-order valence-corrected chi connectivity index (χ1v) is 5.12. The highest BCUT2D eigenvalue weighted by atomic mass is 19.4. The van der Waals surface area contributed by atoms with Gasteiger partial charge >= 0.3 is 6.18 Å². The first-order valence-electron chi connectivity index (χ1n) is 5.12. The van der Waals surface area contributed by atoms with Crippen LogP contribution in [-0.2, 0) is 11.0 Å². The Hall–Kier alpha value is -1.74. The molecule has 0 aliphatic heterocycles. The maximum absolute atomic E-state index is 12.3. The van der Waals surface area contributed by atoms with Crippen molar-refractivity contribution in [1.82, 2.24) is 0 Å². The molecule has 1 aromatic rings.